The maximum atomic E-state index is 12.6. The zero-order chi connectivity index (χ0) is 14.0. The van der Waals surface area contributed by atoms with E-state index in [-0.39, 0.29) is 0 Å². The van der Waals surface area contributed by atoms with Gasteiger partial charge in [-0.3, -0.25) is 9.78 Å². The summed E-state index contributed by atoms with van der Waals surface area (Å²) in [6.07, 6.45) is 5.94. The Morgan fingerprint density at radius 3 is 2.80 bits per heavy atom. The molecule has 1 saturated heterocycles. The highest BCUT2D eigenvalue weighted by Gasteiger charge is 2.33. The molecule has 4 heteroatoms. The van der Waals surface area contributed by atoms with Crippen LogP contribution in [0, 0.1) is 5.21 Å². The number of likely N-dealkylation sites (tertiary alicyclic amines) is 1. The molecule has 0 unspecified atom stereocenters. The molecule has 1 aromatic carbocycles. The first-order valence-corrected chi connectivity index (χ1v) is 7.00. The minimum Gasteiger partial charge on any atom is -0.632 e. The van der Waals surface area contributed by atoms with Crippen LogP contribution in [0.5, 0.6) is 0 Å². The smallest absolute Gasteiger partial charge is 0.262 e. The first-order chi connectivity index (χ1) is 9.71. The predicted octanol–water partition coefficient (Wildman–Crippen LogP) is 2.36. The Balaban J connectivity index is 1.85. The Labute approximate surface area is 118 Å². The number of nitrogens with zero attached hydrogens (tertiary/aromatic N) is 2. The maximum Gasteiger partial charge on any atom is 0.262 e. The monoisotopic (exact) mass is 269 g/mol. The largest absolute Gasteiger partial charge is 0.632 e. The van der Waals surface area contributed by atoms with Gasteiger partial charge in [0.25, 0.3) is 6.29 Å². The van der Waals surface area contributed by atoms with Gasteiger partial charge in [-0.25, -0.2) is 0 Å². The molecule has 0 aliphatic carbocycles. The van der Waals surface area contributed by atoms with Gasteiger partial charge in [0, 0.05) is 30.8 Å². The second-order valence-corrected chi connectivity index (χ2v) is 5.48. The standard InChI is InChI=1S/C16H17N2O2/c19-12-15(18(20)7-3-4-8-18)10-13-9-14-5-1-2-6-16(14)17-11-13/h1-2,5-6,9,11,15H,3-4,7-8,10H2/t15-/m1/s1. The fourth-order valence-electron chi connectivity index (χ4n) is 2.94. The van der Waals surface area contributed by atoms with Crippen LogP contribution < -0.4 is 0 Å². The van der Waals surface area contributed by atoms with Crippen LogP contribution in [0.4, 0.5) is 0 Å². The minimum absolute atomic E-state index is 0.420. The summed E-state index contributed by atoms with van der Waals surface area (Å²) in [7, 11) is 0. The number of benzene rings is 1. The van der Waals surface area contributed by atoms with Crippen LogP contribution in [0.3, 0.4) is 0 Å². The molecule has 0 bridgehead atoms. The zero-order valence-electron chi connectivity index (χ0n) is 11.3. The van der Waals surface area contributed by atoms with Crippen molar-refractivity contribution in [2.45, 2.75) is 25.3 Å². The second-order valence-electron chi connectivity index (χ2n) is 5.48. The molecular weight excluding hydrogens is 252 g/mol. The highest BCUT2D eigenvalue weighted by atomic mass is 16.5. The summed E-state index contributed by atoms with van der Waals surface area (Å²) in [6.45, 7) is 1.06. The Bertz CT molecular complexity index is 621. The van der Waals surface area contributed by atoms with Gasteiger partial charge < -0.3 is 9.85 Å². The third kappa shape index (κ3) is 2.44. The third-order valence-electron chi connectivity index (χ3n) is 4.10. The molecule has 1 aromatic heterocycles. The molecule has 2 heterocycles. The fourth-order valence-corrected chi connectivity index (χ4v) is 2.94. The Hall–Kier alpha value is -1.78. The third-order valence-corrected chi connectivity index (χ3v) is 4.10. The molecule has 3 rings (SSSR count). The maximum absolute atomic E-state index is 12.6. The van der Waals surface area contributed by atoms with Crippen molar-refractivity contribution >= 4 is 17.2 Å². The number of hydrogen-bond donors (Lipinski definition) is 0. The number of hydrogen-bond acceptors (Lipinski definition) is 3. The SMILES string of the molecule is O=[C][C@@H](Cc1cnc2ccccc2c1)[N+]1([O-])CCCC1. The zero-order valence-corrected chi connectivity index (χ0v) is 11.3. The Morgan fingerprint density at radius 2 is 2.05 bits per heavy atom. The van der Waals surface area contributed by atoms with Crippen molar-refractivity contribution in [2.75, 3.05) is 13.1 Å². The normalized spacial score (nSPS) is 19.1. The van der Waals surface area contributed by atoms with Crippen LogP contribution >= 0.6 is 0 Å². The molecule has 0 saturated carbocycles. The number of quaternary nitrogens is 1. The van der Waals surface area contributed by atoms with Gasteiger partial charge in [0.2, 0.25) is 0 Å². The van der Waals surface area contributed by atoms with Crippen molar-refractivity contribution < 1.29 is 9.44 Å². The van der Waals surface area contributed by atoms with Crippen molar-refractivity contribution in [1.29, 1.82) is 0 Å². The lowest BCUT2D eigenvalue weighted by Crippen LogP contribution is -2.50. The Morgan fingerprint density at radius 1 is 1.30 bits per heavy atom. The van der Waals surface area contributed by atoms with Gasteiger partial charge in [0.1, 0.15) is 0 Å². The molecule has 2 aromatic rings. The van der Waals surface area contributed by atoms with Crippen LogP contribution in [0.25, 0.3) is 10.9 Å². The van der Waals surface area contributed by atoms with Crippen molar-refractivity contribution in [1.82, 2.24) is 4.98 Å². The molecule has 0 N–H and O–H groups in total. The number of hydroxylamine groups is 3. The summed E-state index contributed by atoms with van der Waals surface area (Å²) in [5.41, 5.74) is 1.85. The van der Waals surface area contributed by atoms with E-state index in [1.54, 1.807) is 6.20 Å². The number of rotatable bonds is 4. The van der Waals surface area contributed by atoms with Gasteiger partial charge in [-0.15, -0.1) is 0 Å². The average Bonchev–Trinajstić information content (AvgIpc) is 2.92. The Kier molecular flexibility index (Phi) is 3.51. The van der Waals surface area contributed by atoms with Gasteiger partial charge in [0.15, 0.2) is 6.04 Å². The van der Waals surface area contributed by atoms with Gasteiger partial charge in [-0.2, -0.15) is 0 Å². The highest BCUT2D eigenvalue weighted by Crippen LogP contribution is 2.24. The van der Waals surface area contributed by atoms with E-state index in [9.17, 15) is 10.0 Å². The summed E-state index contributed by atoms with van der Waals surface area (Å²) in [4.78, 5) is 15.6. The minimum atomic E-state index is -0.625. The summed E-state index contributed by atoms with van der Waals surface area (Å²) < 4.78 is -0.420. The van der Waals surface area contributed by atoms with E-state index in [0.717, 1.165) is 29.3 Å². The van der Waals surface area contributed by atoms with E-state index in [1.807, 2.05) is 36.6 Å². The molecule has 4 nitrogen and oxygen atoms in total. The van der Waals surface area contributed by atoms with E-state index in [2.05, 4.69) is 4.98 Å². The van der Waals surface area contributed by atoms with Gasteiger partial charge in [-0.1, -0.05) is 18.2 Å². The van der Waals surface area contributed by atoms with Crippen LogP contribution in [-0.4, -0.2) is 35.0 Å². The molecule has 1 fully saturated rings. The van der Waals surface area contributed by atoms with E-state index >= 15 is 0 Å². The second kappa shape index (κ2) is 5.31. The quantitative estimate of drug-likeness (QED) is 0.632. The molecule has 1 aliphatic rings. The molecule has 0 amide bonds. The molecular formula is C16H17N2O2. The molecule has 0 spiro atoms. The summed E-state index contributed by atoms with van der Waals surface area (Å²) in [5.74, 6) is 0. The molecule has 103 valence electrons. The van der Waals surface area contributed by atoms with E-state index in [1.165, 1.54) is 0 Å². The van der Waals surface area contributed by atoms with Gasteiger partial charge in [-0.05, 0) is 17.7 Å². The fraction of sp³-hybridized carbons (Fsp3) is 0.375. The van der Waals surface area contributed by atoms with Crippen LogP contribution in [0.2, 0.25) is 0 Å². The van der Waals surface area contributed by atoms with Crippen LogP contribution in [0.15, 0.2) is 36.5 Å². The van der Waals surface area contributed by atoms with Crippen molar-refractivity contribution in [2.24, 2.45) is 0 Å². The number of fused-ring (bicyclic) bond motifs is 1. The van der Waals surface area contributed by atoms with E-state index in [0.29, 0.717) is 19.5 Å². The van der Waals surface area contributed by atoms with Gasteiger partial charge >= 0.3 is 0 Å². The lowest BCUT2D eigenvalue weighted by atomic mass is 10.1. The molecule has 1 aliphatic heterocycles. The lowest BCUT2D eigenvalue weighted by molar-refractivity contribution is -0.882. The van der Waals surface area contributed by atoms with Crippen LogP contribution in [-0.2, 0) is 11.2 Å². The summed E-state index contributed by atoms with van der Waals surface area (Å²) in [6, 6.07) is 9.22. The average molecular weight is 269 g/mol. The van der Waals surface area contributed by atoms with Crippen molar-refractivity contribution in [3.8, 4) is 0 Å². The topological polar surface area (TPSA) is 53.0 Å². The summed E-state index contributed by atoms with van der Waals surface area (Å²) >= 11 is 0. The number of pyridine rings is 1. The first kappa shape index (κ1) is 13.2. The predicted molar refractivity (Wildman–Crippen MR) is 77.5 cm³/mol. The highest BCUT2D eigenvalue weighted by molar-refractivity contribution is 5.78. The number of para-hydroxylation sites is 1. The molecule has 20 heavy (non-hydrogen) atoms. The number of aromatic nitrogens is 1. The summed E-state index contributed by atoms with van der Waals surface area (Å²) in [5, 5.41) is 13.6. The first-order valence-electron chi connectivity index (χ1n) is 7.00. The van der Waals surface area contributed by atoms with Crippen molar-refractivity contribution in [3.05, 3.63) is 47.3 Å². The van der Waals surface area contributed by atoms with E-state index in [4.69, 9.17) is 0 Å². The lowest BCUT2D eigenvalue weighted by Gasteiger charge is -2.42. The van der Waals surface area contributed by atoms with Crippen LogP contribution in [0.1, 0.15) is 18.4 Å². The number of carbonyl (C=O) groups excluding carboxylic acids is 1. The van der Waals surface area contributed by atoms with Gasteiger partial charge in [0.05, 0.1) is 18.6 Å². The van der Waals surface area contributed by atoms with Crippen molar-refractivity contribution in [3.63, 3.8) is 0 Å². The molecule has 1 atom stereocenters. The van der Waals surface area contributed by atoms with E-state index < -0.39 is 10.7 Å². The molecule has 1 radical (unpaired) electrons.